The summed E-state index contributed by atoms with van der Waals surface area (Å²) < 4.78 is 23.2. The van der Waals surface area contributed by atoms with Crippen LogP contribution in [0.5, 0.6) is 23.0 Å². The summed E-state index contributed by atoms with van der Waals surface area (Å²) in [6.07, 6.45) is 1.55. The van der Waals surface area contributed by atoms with Crippen molar-refractivity contribution in [1.82, 2.24) is 5.43 Å². The maximum absolute atomic E-state index is 12.5. The molecule has 3 aromatic rings. The molecule has 0 fully saturated rings. The standard InChI is InChI=1S/C26H27IN2O5/c1-5-33-23-14-20(10-11-22(23)31-3)26(30)29-28-15-19-12-21(27)25(24(13-19)32-4)34-16-18-8-6-17(2)7-9-18/h6-15H,5,16H2,1-4H3,(H,29,30)/b28-15+. The third-order valence-corrected chi connectivity index (χ3v) is 5.66. The molecule has 0 bridgehead atoms. The highest BCUT2D eigenvalue weighted by molar-refractivity contribution is 14.1. The molecule has 3 aromatic carbocycles. The van der Waals surface area contributed by atoms with Crippen molar-refractivity contribution in [2.75, 3.05) is 20.8 Å². The van der Waals surface area contributed by atoms with Crippen molar-refractivity contribution < 1.29 is 23.7 Å². The number of nitrogens with one attached hydrogen (secondary N) is 1. The first-order valence-electron chi connectivity index (χ1n) is 10.6. The Morgan fingerprint density at radius 1 is 0.971 bits per heavy atom. The monoisotopic (exact) mass is 574 g/mol. The number of ether oxygens (including phenoxy) is 4. The van der Waals surface area contributed by atoms with Crippen LogP contribution in [0.25, 0.3) is 0 Å². The highest BCUT2D eigenvalue weighted by Crippen LogP contribution is 2.34. The van der Waals surface area contributed by atoms with Crippen LogP contribution in [0, 0.1) is 10.5 Å². The van der Waals surface area contributed by atoms with E-state index in [4.69, 9.17) is 18.9 Å². The number of hydrogen-bond acceptors (Lipinski definition) is 6. The van der Waals surface area contributed by atoms with Crippen molar-refractivity contribution in [3.05, 3.63) is 80.4 Å². The molecule has 0 aromatic heterocycles. The molecule has 178 valence electrons. The van der Waals surface area contributed by atoms with E-state index in [0.717, 1.165) is 14.7 Å². The van der Waals surface area contributed by atoms with Crippen LogP contribution in [0.4, 0.5) is 0 Å². The van der Waals surface area contributed by atoms with Gasteiger partial charge in [0.1, 0.15) is 6.61 Å². The predicted molar refractivity (Wildman–Crippen MR) is 140 cm³/mol. The summed E-state index contributed by atoms with van der Waals surface area (Å²) in [5.41, 5.74) is 5.98. The van der Waals surface area contributed by atoms with Crippen molar-refractivity contribution in [3.63, 3.8) is 0 Å². The number of rotatable bonds is 10. The summed E-state index contributed by atoms with van der Waals surface area (Å²) in [5.74, 6) is 1.95. The minimum atomic E-state index is -0.362. The third kappa shape index (κ3) is 6.63. The van der Waals surface area contributed by atoms with E-state index in [2.05, 4.69) is 52.2 Å². The first-order valence-corrected chi connectivity index (χ1v) is 11.7. The Balaban J connectivity index is 1.68. The number of amides is 1. The van der Waals surface area contributed by atoms with Gasteiger partial charge >= 0.3 is 0 Å². The summed E-state index contributed by atoms with van der Waals surface area (Å²) in [6, 6.07) is 16.9. The lowest BCUT2D eigenvalue weighted by molar-refractivity contribution is 0.0954. The smallest absolute Gasteiger partial charge is 0.271 e. The predicted octanol–water partition coefficient (Wildman–Crippen LogP) is 5.36. The van der Waals surface area contributed by atoms with Crippen molar-refractivity contribution in [3.8, 4) is 23.0 Å². The zero-order chi connectivity index (χ0) is 24.5. The number of halogens is 1. The Labute approximate surface area is 213 Å². The van der Waals surface area contributed by atoms with E-state index in [1.54, 1.807) is 38.6 Å². The quantitative estimate of drug-likeness (QED) is 0.201. The number of benzene rings is 3. The molecule has 0 saturated carbocycles. The molecule has 0 spiro atoms. The number of nitrogens with zero attached hydrogens (tertiary/aromatic N) is 1. The molecule has 0 aliphatic rings. The van der Waals surface area contributed by atoms with Crippen LogP contribution in [-0.2, 0) is 6.61 Å². The van der Waals surface area contributed by atoms with Gasteiger partial charge in [-0.05, 0) is 77.9 Å². The third-order valence-electron chi connectivity index (χ3n) is 4.86. The van der Waals surface area contributed by atoms with E-state index in [0.29, 0.717) is 41.8 Å². The number of hydrogen-bond donors (Lipinski definition) is 1. The summed E-state index contributed by atoms with van der Waals surface area (Å²) in [5, 5.41) is 4.09. The average Bonchev–Trinajstić information content (AvgIpc) is 2.84. The highest BCUT2D eigenvalue weighted by atomic mass is 127. The highest BCUT2D eigenvalue weighted by Gasteiger charge is 2.13. The fraction of sp³-hybridized carbons (Fsp3) is 0.231. The molecule has 1 amide bonds. The largest absolute Gasteiger partial charge is 0.493 e. The maximum Gasteiger partial charge on any atom is 0.271 e. The first-order chi connectivity index (χ1) is 16.4. The van der Waals surface area contributed by atoms with Crippen molar-refractivity contribution in [2.24, 2.45) is 5.10 Å². The van der Waals surface area contributed by atoms with Gasteiger partial charge in [0.25, 0.3) is 5.91 Å². The number of carbonyl (C=O) groups excluding carboxylic acids is 1. The number of hydrazone groups is 1. The lowest BCUT2D eigenvalue weighted by Gasteiger charge is -2.14. The molecule has 0 radical (unpaired) electrons. The molecule has 3 rings (SSSR count). The second-order valence-electron chi connectivity index (χ2n) is 7.31. The molecular formula is C26H27IN2O5. The zero-order valence-electron chi connectivity index (χ0n) is 19.6. The Hall–Kier alpha value is -3.27. The maximum atomic E-state index is 12.5. The second-order valence-corrected chi connectivity index (χ2v) is 8.47. The molecule has 0 heterocycles. The molecule has 0 aliphatic heterocycles. The fourth-order valence-electron chi connectivity index (χ4n) is 3.11. The van der Waals surface area contributed by atoms with Crippen LogP contribution in [0.2, 0.25) is 0 Å². The van der Waals surface area contributed by atoms with Crippen molar-refractivity contribution in [2.45, 2.75) is 20.5 Å². The fourth-order valence-corrected chi connectivity index (χ4v) is 3.89. The summed E-state index contributed by atoms with van der Waals surface area (Å²) in [7, 11) is 3.14. The van der Waals surface area contributed by atoms with Gasteiger partial charge in [0, 0.05) is 5.56 Å². The van der Waals surface area contributed by atoms with Crippen LogP contribution in [-0.4, -0.2) is 32.9 Å². The Kier molecular flexibility index (Phi) is 9.15. The normalized spacial score (nSPS) is 10.7. The first kappa shape index (κ1) is 25.4. The Bertz CT molecular complexity index is 1160. The van der Waals surface area contributed by atoms with Gasteiger partial charge in [-0.25, -0.2) is 5.43 Å². The van der Waals surface area contributed by atoms with E-state index >= 15 is 0 Å². The lowest BCUT2D eigenvalue weighted by Crippen LogP contribution is -2.17. The van der Waals surface area contributed by atoms with E-state index in [9.17, 15) is 4.79 Å². The van der Waals surface area contributed by atoms with Gasteiger partial charge in [-0.3, -0.25) is 4.79 Å². The molecule has 0 atom stereocenters. The molecule has 1 N–H and O–H groups in total. The summed E-state index contributed by atoms with van der Waals surface area (Å²) >= 11 is 2.20. The second kappa shape index (κ2) is 12.3. The van der Waals surface area contributed by atoms with E-state index in [1.807, 2.05) is 31.2 Å². The van der Waals surface area contributed by atoms with Crippen LogP contribution < -0.4 is 24.4 Å². The lowest BCUT2D eigenvalue weighted by atomic mass is 10.2. The summed E-state index contributed by atoms with van der Waals surface area (Å²) in [4.78, 5) is 12.5. The van der Waals surface area contributed by atoms with Crippen LogP contribution in [0.1, 0.15) is 34.0 Å². The zero-order valence-corrected chi connectivity index (χ0v) is 21.7. The van der Waals surface area contributed by atoms with Gasteiger partial charge in [-0.1, -0.05) is 29.8 Å². The van der Waals surface area contributed by atoms with Gasteiger partial charge in [-0.15, -0.1) is 0 Å². The van der Waals surface area contributed by atoms with Gasteiger partial charge in [0.05, 0.1) is 30.6 Å². The van der Waals surface area contributed by atoms with Crippen LogP contribution in [0.15, 0.2) is 59.7 Å². The average molecular weight is 574 g/mol. The van der Waals surface area contributed by atoms with Gasteiger partial charge < -0.3 is 18.9 Å². The Morgan fingerprint density at radius 2 is 1.71 bits per heavy atom. The van der Waals surface area contributed by atoms with Gasteiger partial charge in [0.2, 0.25) is 0 Å². The van der Waals surface area contributed by atoms with Crippen LogP contribution >= 0.6 is 22.6 Å². The van der Waals surface area contributed by atoms with Crippen molar-refractivity contribution in [1.29, 1.82) is 0 Å². The molecular weight excluding hydrogens is 547 g/mol. The molecule has 0 saturated heterocycles. The number of methoxy groups -OCH3 is 2. The molecule has 34 heavy (non-hydrogen) atoms. The molecule has 0 aliphatic carbocycles. The van der Waals surface area contributed by atoms with E-state index < -0.39 is 0 Å². The Morgan fingerprint density at radius 3 is 2.38 bits per heavy atom. The van der Waals surface area contributed by atoms with Gasteiger partial charge in [-0.2, -0.15) is 5.10 Å². The summed E-state index contributed by atoms with van der Waals surface area (Å²) in [6.45, 7) is 4.81. The topological polar surface area (TPSA) is 78.4 Å². The minimum Gasteiger partial charge on any atom is -0.493 e. The van der Waals surface area contributed by atoms with Crippen LogP contribution in [0.3, 0.4) is 0 Å². The van der Waals surface area contributed by atoms with Crippen molar-refractivity contribution >= 4 is 34.7 Å². The molecule has 8 heteroatoms. The van der Waals surface area contributed by atoms with E-state index in [-0.39, 0.29) is 5.91 Å². The van der Waals surface area contributed by atoms with Gasteiger partial charge in [0.15, 0.2) is 23.0 Å². The minimum absolute atomic E-state index is 0.362. The number of carbonyl (C=O) groups is 1. The SMILES string of the molecule is CCOc1cc(C(=O)N/N=C/c2cc(I)c(OCc3ccc(C)cc3)c(OC)c2)ccc1OC. The molecule has 7 nitrogen and oxygen atoms in total. The molecule has 0 unspecified atom stereocenters. The van der Waals surface area contributed by atoms with E-state index in [1.165, 1.54) is 5.56 Å². The number of aryl methyl sites for hydroxylation is 1.